The van der Waals surface area contributed by atoms with Gasteiger partial charge in [-0.15, -0.1) is 0 Å². The predicted octanol–water partition coefficient (Wildman–Crippen LogP) is 11.7. The maximum absolute atomic E-state index is 13.3. The van der Waals surface area contributed by atoms with Gasteiger partial charge in [-0.25, -0.2) is 9.36 Å². The van der Waals surface area contributed by atoms with Crippen LogP contribution in [0.25, 0.3) is 33.2 Å². The number of para-hydroxylation sites is 2. The minimum Gasteiger partial charge on any atom is -0.493 e. The first-order valence-electron chi connectivity index (χ1n) is 32.0. The number of aliphatic hydroxyl groups is 2. The molecule has 21 nitrogen and oxygen atoms in total. The number of Topliss-reactive ketones (excluding diaryl/α,β-unsaturated/α-hetero) is 2. The number of β-amino-alcohol motifs (C(OH)–C–C–N with tert-alkyl or cyclic N) is 2. The van der Waals surface area contributed by atoms with E-state index in [9.17, 15) is 29.4 Å². The fourth-order valence-corrected chi connectivity index (χ4v) is 13.2. The monoisotopic (exact) mass is 1320 g/mol. The normalized spacial score (nSPS) is 16.4. The Morgan fingerprint density at radius 2 is 0.979 bits per heavy atom. The molecule has 0 amide bonds. The minimum atomic E-state index is -0.353. The molecular weight excluding hydrogens is 1230 g/mol. The highest BCUT2D eigenvalue weighted by Gasteiger charge is 2.55. The Balaban J connectivity index is 0.000000204. The van der Waals surface area contributed by atoms with E-state index < -0.39 is 0 Å². The molecule has 0 radical (unpaired) electrons. The molecule has 4 fully saturated rings. The van der Waals surface area contributed by atoms with Gasteiger partial charge in [-0.05, 0) is 131 Å². The van der Waals surface area contributed by atoms with Gasteiger partial charge in [0.25, 0.3) is 11.1 Å². The maximum Gasteiger partial charge on any atom is 0.282 e. The number of pyridine rings is 4. The first-order valence-corrected chi connectivity index (χ1v) is 32.0. The van der Waals surface area contributed by atoms with Gasteiger partial charge in [0.05, 0.1) is 80.2 Å². The van der Waals surface area contributed by atoms with E-state index in [4.69, 9.17) is 23.7 Å². The number of fused-ring (bicyclic) bond motifs is 2. The Kier molecular flexibility index (Phi) is 21.4. The van der Waals surface area contributed by atoms with Gasteiger partial charge >= 0.3 is 0 Å². The Labute approximate surface area is 565 Å². The summed E-state index contributed by atoms with van der Waals surface area (Å²) in [7, 11) is 5.14. The van der Waals surface area contributed by atoms with Crippen LogP contribution in [0.1, 0.15) is 104 Å². The molecule has 14 rings (SSSR count). The lowest BCUT2D eigenvalue weighted by molar-refractivity contribution is 0.0981. The molecule has 4 aliphatic rings. The number of nitrogens with zero attached hydrogens (tertiary/aromatic N) is 10. The molecule has 10 aromatic rings. The quantitative estimate of drug-likeness (QED) is 0.0448. The van der Waals surface area contributed by atoms with Crippen LogP contribution in [0.15, 0.2) is 162 Å². The summed E-state index contributed by atoms with van der Waals surface area (Å²) in [4.78, 5) is 75.7. The van der Waals surface area contributed by atoms with Crippen LogP contribution in [0.2, 0.25) is 0 Å². The fraction of sp³-hybridized carbons (Fsp3) is 0.368. The number of carbonyl (C=O) groups excluding carboxylic acids is 2. The van der Waals surface area contributed by atoms with Gasteiger partial charge in [-0.3, -0.25) is 58.3 Å². The minimum absolute atomic E-state index is 0. The average Bonchev–Trinajstić information content (AvgIpc) is 1.65. The molecule has 0 bridgehead atoms. The van der Waals surface area contributed by atoms with Crippen LogP contribution in [0.4, 0.5) is 0 Å². The number of benzene rings is 4. The third kappa shape index (κ3) is 14.8. The van der Waals surface area contributed by atoms with E-state index in [-0.39, 0.29) is 92.0 Å². The first kappa shape index (κ1) is 70.0. The van der Waals surface area contributed by atoms with Gasteiger partial charge in [0.15, 0.2) is 23.1 Å². The number of carbonyl (C=O) groups is 2. The molecule has 6 aromatic heterocycles. The van der Waals surface area contributed by atoms with Crippen molar-refractivity contribution in [3.63, 3.8) is 0 Å². The topological polar surface area (TPSA) is 233 Å². The van der Waals surface area contributed by atoms with Crippen LogP contribution in [0.5, 0.6) is 40.2 Å². The van der Waals surface area contributed by atoms with Crippen molar-refractivity contribution in [1.29, 1.82) is 0 Å². The molecule has 2 spiro atoms. The summed E-state index contributed by atoms with van der Waals surface area (Å²) in [5, 5.41) is 22.2. The van der Waals surface area contributed by atoms with Gasteiger partial charge in [-0.2, -0.15) is 0 Å². The van der Waals surface area contributed by atoms with Crippen molar-refractivity contribution in [3.8, 4) is 51.6 Å². The maximum atomic E-state index is 13.3. The molecule has 97 heavy (non-hydrogen) atoms. The molecule has 2 aliphatic carbocycles. The number of likely N-dealkylation sites (tertiary alicyclic amines) is 2. The van der Waals surface area contributed by atoms with E-state index in [0.717, 1.165) is 99.8 Å². The van der Waals surface area contributed by atoms with E-state index in [1.807, 2.05) is 91.0 Å². The fourth-order valence-electron chi connectivity index (χ4n) is 13.2. The average molecular weight is 1320 g/mol. The summed E-state index contributed by atoms with van der Waals surface area (Å²) < 4.78 is 36.6. The Morgan fingerprint density at radius 1 is 0.526 bits per heavy atom. The Morgan fingerprint density at radius 3 is 1.42 bits per heavy atom. The summed E-state index contributed by atoms with van der Waals surface area (Å²) in [6.45, 7) is 9.94. The molecule has 2 unspecified atom stereocenters. The van der Waals surface area contributed by atoms with Gasteiger partial charge in [0.1, 0.15) is 39.9 Å². The van der Waals surface area contributed by atoms with Crippen LogP contribution in [-0.2, 0) is 26.9 Å². The summed E-state index contributed by atoms with van der Waals surface area (Å²) >= 11 is 0. The summed E-state index contributed by atoms with van der Waals surface area (Å²) in [5.74, 6) is 3.55. The first-order chi connectivity index (χ1) is 45.6. The number of ether oxygens (including phenoxy) is 5. The van der Waals surface area contributed by atoms with Crippen molar-refractivity contribution in [2.24, 2.45) is 24.9 Å². The van der Waals surface area contributed by atoms with Gasteiger partial charge in [0, 0.05) is 122 Å². The van der Waals surface area contributed by atoms with Gasteiger partial charge in [-0.1, -0.05) is 58.7 Å². The Bertz CT molecular complexity index is 4540. The SMILES string of the molecule is C.C.C.COc1cc2c(Oc3ccc(CC(=O)c4c(C)n(C)n(-c5ccccc5)c4=O)nc3)ccnc2cc1OCCCN1CC(O)C2(CC2)C1.Cc1c(C(=O)Cc2ccc(Oc3ccnc4cc(OCCCN5CC(O)C6(CC6)C5)ccc34)cn2)c(=O)n(-c2ccccc2)n1C. The van der Waals surface area contributed by atoms with E-state index in [0.29, 0.717) is 87.4 Å². The largest absolute Gasteiger partial charge is 0.493 e. The number of aliphatic hydroxyl groups excluding tert-OH is 2. The van der Waals surface area contributed by atoms with Crippen molar-refractivity contribution < 1.29 is 43.5 Å². The van der Waals surface area contributed by atoms with E-state index in [2.05, 4.69) is 29.7 Å². The zero-order valence-corrected chi connectivity index (χ0v) is 53.4. The summed E-state index contributed by atoms with van der Waals surface area (Å²) in [5.41, 5.74) is 5.06. The van der Waals surface area contributed by atoms with Crippen LogP contribution in [-0.4, -0.2) is 142 Å². The molecule has 2 saturated carbocycles. The summed E-state index contributed by atoms with van der Waals surface area (Å²) in [6, 6.07) is 38.5. The standard InChI is InChI=1S/C37H39N5O6.C36H37N5O5.3CH4/c1-24-35(36(45)42(40(24)2)26-8-5-4-6-9-26)30(43)18-25-10-11-27(21-39-25)48-31-12-15-38-29-20-33(32(46-3)19-28(29)31)47-17-7-16-41-22-34(44)37(23-41)13-14-37;1-24-34(35(44)41(39(24)2)26-7-4-3-5-8-26)31(42)19-25-9-10-28(21-38-25)46-32-13-16-37-30-20-27(11-12-29(30)32)45-18-6-17-40-22-33(43)36(23-40)14-15-36;;;/h4-6,8-12,15,19-21,34,44H,7,13-14,16-18,22-23H2,1-3H3;3-5,7-13,16,20-21,33,43H,6,14-15,17-19,22-23H2,1-2H3;3*1H4. The van der Waals surface area contributed by atoms with Crippen molar-refractivity contribution in [3.05, 3.63) is 207 Å². The molecule has 508 valence electrons. The number of ketones is 2. The Hall–Kier alpha value is -9.80. The van der Waals surface area contributed by atoms with Crippen LogP contribution < -0.4 is 34.8 Å². The lowest BCUT2D eigenvalue weighted by atomic mass is 10.0. The van der Waals surface area contributed by atoms with E-state index >= 15 is 0 Å². The van der Waals surface area contributed by atoms with Crippen molar-refractivity contribution in [1.82, 2.24) is 48.5 Å². The third-order valence-corrected chi connectivity index (χ3v) is 19.0. The van der Waals surface area contributed by atoms with E-state index in [1.54, 1.807) is 106 Å². The lowest BCUT2D eigenvalue weighted by Crippen LogP contribution is -2.24. The lowest BCUT2D eigenvalue weighted by Gasteiger charge is -2.17. The van der Waals surface area contributed by atoms with Crippen LogP contribution in [0, 0.1) is 24.7 Å². The van der Waals surface area contributed by atoms with Crippen molar-refractivity contribution in [2.75, 3.05) is 59.6 Å². The smallest absolute Gasteiger partial charge is 0.282 e. The number of methoxy groups -OCH3 is 1. The predicted molar refractivity (Wildman–Crippen MR) is 375 cm³/mol. The number of hydrogen-bond acceptors (Lipinski definition) is 17. The van der Waals surface area contributed by atoms with Crippen LogP contribution in [0.3, 0.4) is 0 Å². The van der Waals surface area contributed by atoms with Gasteiger partial charge in [0.2, 0.25) is 0 Å². The second-order valence-corrected chi connectivity index (χ2v) is 25.2. The zero-order valence-electron chi connectivity index (χ0n) is 53.4. The highest BCUT2D eigenvalue weighted by atomic mass is 16.5. The van der Waals surface area contributed by atoms with E-state index in [1.165, 1.54) is 9.36 Å². The van der Waals surface area contributed by atoms with Crippen molar-refractivity contribution >= 4 is 33.4 Å². The highest BCUT2D eigenvalue weighted by Crippen LogP contribution is 2.53. The van der Waals surface area contributed by atoms with Crippen molar-refractivity contribution in [2.45, 2.75) is 99.7 Å². The molecule has 4 aromatic carbocycles. The summed E-state index contributed by atoms with van der Waals surface area (Å²) in [6.07, 6.45) is 12.4. The molecule has 8 heterocycles. The zero-order chi connectivity index (χ0) is 65.3. The number of hydrogen-bond donors (Lipinski definition) is 2. The highest BCUT2D eigenvalue weighted by molar-refractivity contribution is 5.99. The van der Waals surface area contributed by atoms with Gasteiger partial charge < -0.3 is 33.9 Å². The second-order valence-electron chi connectivity index (χ2n) is 25.2. The number of rotatable bonds is 23. The molecule has 21 heteroatoms. The molecule has 2 saturated heterocycles. The number of aromatic nitrogens is 8. The second kappa shape index (κ2) is 29.7. The molecular formula is C76H88N10O11. The molecule has 2 N–H and O–H groups in total. The van der Waals surface area contributed by atoms with Crippen LogP contribution >= 0.6 is 0 Å². The molecule has 2 atom stereocenters. The molecule has 2 aliphatic heterocycles. The third-order valence-electron chi connectivity index (χ3n) is 19.0.